The van der Waals surface area contributed by atoms with E-state index in [9.17, 15) is 4.79 Å². The SMILES string of the molecule is Cc1cn2nc([C@@H]3CCCCN3C(=O)c3cn4ncccc4n3)cc2nc1N1CC[C@H](C)C1. The Kier molecular flexibility index (Phi) is 4.78. The highest BCUT2D eigenvalue weighted by molar-refractivity contribution is 5.93. The van der Waals surface area contributed by atoms with Crippen LogP contribution in [0, 0.1) is 12.8 Å². The van der Waals surface area contributed by atoms with Crippen LogP contribution in [0.4, 0.5) is 5.82 Å². The molecule has 0 unspecified atom stereocenters. The van der Waals surface area contributed by atoms with Crippen molar-refractivity contribution in [3.8, 4) is 0 Å². The van der Waals surface area contributed by atoms with E-state index in [1.54, 1.807) is 16.9 Å². The minimum absolute atomic E-state index is 0.0712. The van der Waals surface area contributed by atoms with Crippen molar-refractivity contribution in [2.24, 2.45) is 5.92 Å². The van der Waals surface area contributed by atoms with Crippen LogP contribution in [-0.4, -0.2) is 59.6 Å². The molecule has 2 fully saturated rings. The second-order valence-corrected chi connectivity index (χ2v) is 9.42. The molecule has 6 rings (SSSR count). The number of hydrogen-bond acceptors (Lipinski definition) is 6. The molecule has 6 heterocycles. The van der Waals surface area contributed by atoms with Crippen LogP contribution in [0.5, 0.6) is 0 Å². The first-order valence-corrected chi connectivity index (χ1v) is 11.8. The summed E-state index contributed by atoms with van der Waals surface area (Å²) in [7, 11) is 0. The fourth-order valence-electron chi connectivity index (χ4n) is 5.19. The largest absolute Gasteiger partial charge is 0.356 e. The molecule has 170 valence electrons. The molecule has 0 saturated carbocycles. The van der Waals surface area contributed by atoms with Gasteiger partial charge in [-0.05, 0) is 50.7 Å². The van der Waals surface area contributed by atoms with Gasteiger partial charge in [0, 0.05) is 43.7 Å². The first-order chi connectivity index (χ1) is 16.1. The van der Waals surface area contributed by atoms with E-state index < -0.39 is 0 Å². The van der Waals surface area contributed by atoms with Crippen molar-refractivity contribution < 1.29 is 4.79 Å². The van der Waals surface area contributed by atoms with E-state index in [2.05, 4.69) is 35.0 Å². The lowest BCUT2D eigenvalue weighted by Crippen LogP contribution is -2.38. The van der Waals surface area contributed by atoms with Crippen LogP contribution in [0.25, 0.3) is 11.3 Å². The van der Waals surface area contributed by atoms with Gasteiger partial charge < -0.3 is 9.80 Å². The topological polar surface area (TPSA) is 83.9 Å². The zero-order valence-electron chi connectivity index (χ0n) is 19.1. The van der Waals surface area contributed by atoms with E-state index in [-0.39, 0.29) is 11.9 Å². The fraction of sp³-hybridized carbons (Fsp3) is 0.458. The van der Waals surface area contributed by atoms with E-state index in [1.165, 1.54) is 6.42 Å². The van der Waals surface area contributed by atoms with Crippen molar-refractivity contribution in [3.05, 3.63) is 53.7 Å². The number of carbonyl (C=O) groups excluding carboxylic acids is 1. The summed E-state index contributed by atoms with van der Waals surface area (Å²) in [5, 5.41) is 9.10. The predicted molar refractivity (Wildman–Crippen MR) is 124 cm³/mol. The zero-order valence-corrected chi connectivity index (χ0v) is 19.1. The lowest BCUT2D eigenvalue weighted by molar-refractivity contribution is 0.0600. The Morgan fingerprint density at radius 2 is 1.97 bits per heavy atom. The molecule has 1 amide bonds. The number of piperidine rings is 1. The Balaban J connectivity index is 1.33. The van der Waals surface area contributed by atoms with Crippen molar-refractivity contribution in [2.75, 3.05) is 24.5 Å². The van der Waals surface area contributed by atoms with Gasteiger partial charge in [-0.25, -0.2) is 19.0 Å². The van der Waals surface area contributed by atoms with Gasteiger partial charge in [0.25, 0.3) is 5.91 Å². The van der Waals surface area contributed by atoms with Crippen LogP contribution >= 0.6 is 0 Å². The van der Waals surface area contributed by atoms with Crippen LogP contribution in [0.3, 0.4) is 0 Å². The Labute approximate surface area is 192 Å². The number of rotatable bonds is 3. The van der Waals surface area contributed by atoms with Crippen LogP contribution in [-0.2, 0) is 0 Å². The van der Waals surface area contributed by atoms with E-state index in [1.807, 2.05) is 27.6 Å². The van der Waals surface area contributed by atoms with Gasteiger partial charge in [0.05, 0.1) is 17.9 Å². The number of likely N-dealkylation sites (tertiary alicyclic amines) is 1. The number of fused-ring (bicyclic) bond motifs is 2. The summed E-state index contributed by atoms with van der Waals surface area (Å²) < 4.78 is 3.50. The monoisotopic (exact) mass is 444 g/mol. The number of hydrogen-bond donors (Lipinski definition) is 0. The molecule has 9 nitrogen and oxygen atoms in total. The average Bonchev–Trinajstić information content (AvgIpc) is 3.55. The minimum Gasteiger partial charge on any atom is -0.356 e. The van der Waals surface area contributed by atoms with Gasteiger partial charge in [0.1, 0.15) is 11.5 Å². The molecule has 2 atom stereocenters. The van der Waals surface area contributed by atoms with Crippen LogP contribution in [0.15, 0.2) is 36.8 Å². The predicted octanol–water partition coefficient (Wildman–Crippen LogP) is 3.29. The number of anilines is 1. The third kappa shape index (κ3) is 3.51. The smallest absolute Gasteiger partial charge is 0.274 e. The molecule has 0 aliphatic carbocycles. The quantitative estimate of drug-likeness (QED) is 0.482. The normalized spacial score (nSPS) is 21.4. The molecule has 33 heavy (non-hydrogen) atoms. The van der Waals surface area contributed by atoms with Gasteiger partial charge in [-0.15, -0.1) is 0 Å². The highest BCUT2D eigenvalue weighted by atomic mass is 16.2. The summed E-state index contributed by atoms with van der Waals surface area (Å²) in [5.41, 5.74) is 3.94. The van der Waals surface area contributed by atoms with Crippen molar-refractivity contribution >= 4 is 23.0 Å². The number of aryl methyl sites for hydroxylation is 1. The summed E-state index contributed by atoms with van der Waals surface area (Å²) in [5.74, 6) is 1.67. The third-order valence-corrected chi connectivity index (χ3v) is 6.91. The molecule has 9 heteroatoms. The van der Waals surface area contributed by atoms with Crippen molar-refractivity contribution in [1.82, 2.24) is 34.1 Å². The van der Waals surface area contributed by atoms with E-state index in [4.69, 9.17) is 10.1 Å². The molecule has 4 aromatic heterocycles. The molecular formula is C24H28N8O. The Bertz CT molecular complexity index is 1310. The average molecular weight is 445 g/mol. The Morgan fingerprint density at radius 1 is 1.06 bits per heavy atom. The summed E-state index contributed by atoms with van der Waals surface area (Å²) in [6, 6.07) is 5.64. The van der Waals surface area contributed by atoms with E-state index in [0.29, 0.717) is 23.8 Å². The van der Waals surface area contributed by atoms with Crippen molar-refractivity contribution in [1.29, 1.82) is 0 Å². The molecule has 2 saturated heterocycles. The van der Waals surface area contributed by atoms with Gasteiger partial charge >= 0.3 is 0 Å². The molecule has 0 bridgehead atoms. The summed E-state index contributed by atoms with van der Waals surface area (Å²) in [6.45, 7) is 7.18. The first kappa shape index (κ1) is 20.1. The van der Waals surface area contributed by atoms with Crippen molar-refractivity contribution in [2.45, 2.75) is 45.6 Å². The standard InChI is InChI=1S/C24H28N8O/c1-16-8-11-29(13-16)23-17(2)14-32-22(27-23)12-18(28-32)20-6-3-4-10-30(20)24(33)19-15-31-21(26-19)7-5-9-25-31/h5,7,9,12,14-16,20H,3-4,6,8,10-11,13H2,1-2H3/t16-,20-/m0/s1. The number of aromatic nitrogens is 6. The highest BCUT2D eigenvalue weighted by Crippen LogP contribution is 2.33. The van der Waals surface area contributed by atoms with E-state index in [0.717, 1.165) is 55.1 Å². The van der Waals surface area contributed by atoms with E-state index >= 15 is 0 Å². The number of carbonyl (C=O) groups is 1. The molecule has 0 radical (unpaired) electrons. The summed E-state index contributed by atoms with van der Waals surface area (Å²) in [4.78, 5) is 27.2. The lowest BCUT2D eigenvalue weighted by Gasteiger charge is -2.34. The first-order valence-electron chi connectivity index (χ1n) is 11.8. The third-order valence-electron chi connectivity index (χ3n) is 6.91. The molecule has 0 spiro atoms. The van der Waals surface area contributed by atoms with Crippen LogP contribution in [0.1, 0.15) is 60.4 Å². The molecule has 0 aromatic carbocycles. The maximum absolute atomic E-state index is 13.4. The number of amides is 1. The van der Waals surface area contributed by atoms with Gasteiger partial charge in [-0.1, -0.05) is 6.92 Å². The lowest BCUT2D eigenvalue weighted by atomic mass is 9.99. The van der Waals surface area contributed by atoms with Gasteiger partial charge in [-0.3, -0.25) is 4.79 Å². The molecule has 2 aliphatic rings. The Hall–Kier alpha value is -3.49. The molecule has 4 aromatic rings. The molecule has 2 aliphatic heterocycles. The maximum atomic E-state index is 13.4. The zero-order chi connectivity index (χ0) is 22.5. The number of imidazole rings is 1. The molecule has 0 N–H and O–H groups in total. The number of nitrogens with zero attached hydrogens (tertiary/aromatic N) is 8. The fourth-order valence-corrected chi connectivity index (χ4v) is 5.19. The second kappa shape index (κ2) is 7.83. The summed E-state index contributed by atoms with van der Waals surface area (Å²) in [6.07, 6.45) is 9.60. The van der Waals surface area contributed by atoms with Gasteiger partial charge in [-0.2, -0.15) is 10.2 Å². The van der Waals surface area contributed by atoms with Crippen molar-refractivity contribution in [3.63, 3.8) is 0 Å². The molecular weight excluding hydrogens is 416 g/mol. The maximum Gasteiger partial charge on any atom is 0.274 e. The van der Waals surface area contributed by atoms with Crippen LogP contribution in [0.2, 0.25) is 0 Å². The second-order valence-electron chi connectivity index (χ2n) is 9.42. The van der Waals surface area contributed by atoms with Crippen LogP contribution < -0.4 is 4.90 Å². The van der Waals surface area contributed by atoms with Gasteiger partial charge in [0.2, 0.25) is 0 Å². The highest BCUT2D eigenvalue weighted by Gasteiger charge is 2.32. The van der Waals surface area contributed by atoms with Gasteiger partial charge in [0.15, 0.2) is 11.3 Å². The Morgan fingerprint density at radius 3 is 2.79 bits per heavy atom. The summed E-state index contributed by atoms with van der Waals surface area (Å²) >= 11 is 0. The minimum atomic E-state index is -0.0821.